The van der Waals surface area contributed by atoms with Gasteiger partial charge in [-0.2, -0.15) is 5.10 Å². The Bertz CT molecular complexity index is 1160. The van der Waals surface area contributed by atoms with Crippen LogP contribution < -0.4 is 20.1 Å². The number of rotatable bonds is 5. The number of hydrogen-bond donors (Lipinski definition) is 3. The molecular weight excluding hydrogens is 465 g/mol. The Balaban J connectivity index is 1.21. The van der Waals surface area contributed by atoms with E-state index in [1.165, 1.54) is 0 Å². The molecule has 1 aromatic heterocycles. The van der Waals surface area contributed by atoms with Gasteiger partial charge in [-0.3, -0.25) is 9.89 Å². The molecular formula is C23H23Cl2N5O3. The minimum atomic E-state index is -1.73. The number of carbonyl (C=O) groups is 1. The summed E-state index contributed by atoms with van der Waals surface area (Å²) in [6.07, 6.45) is 2.23. The fourth-order valence-electron chi connectivity index (χ4n) is 3.94. The van der Waals surface area contributed by atoms with Crippen LogP contribution in [0.1, 0.15) is 23.2 Å². The van der Waals surface area contributed by atoms with Crippen molar-refractivity contribution in [3.8, 4) is 22.8 Å². The van der Waals surface area contributed by atoms with E-state index in [2.05, 4.69) is 32.8 Å². The van der Waals surface area contributed by atoms with Crippen LogP contribution in [-0.2, 0) is 0 Å². The first kappa shape index (κ1) is 21.9. The number of piperidine rings is 1. The van der Waals surface area contributed by atoms with E-state index in [0.717, 1.165) is 37.2 Å². The normalized spacial score (nSPS) is 17.7. The molecule has 0 radical (unpaired) electrons. The molecule has 0 spiro atoms. The van der Waals surface area contributed by atoms with Gasteiger partial charge in [0.05, 0.1) is 5.69 Å². The topological polar surface area (TPSA) is 91.5 Å². The van der Waals surface area contributed by atoms with E-state index in [-0.39, 0.29) is 5.91 Å². The number of aromatic nitrogens is 2. The number of likely N-dealkylation sites (tertiary alicyclic amines) is 1. The summed E-state index contributed by atoms with van der Waals surface area (Å²) in [5.41, 5.74) is 2.95. The van der Waals surface area contributed by atoms with Crippen molar-refractivity contribution in [2.24, 2.45) is 0 Å². The van der Waals surface area contributed by atoms with Crippen molar-refractivity contribution in [1.29, 1.82) is 0 Å². The molecule has 3 heterocycles. The highest BCUT2D eigenvalue weighted by molar-refractivity contribution is 6.46. The molecule has 8 nitrogen and oxygen atoms in total. The molecule has 0 atom stereocenters. The molecule has 0 saturated carbocycles. The molecule has 5 rings (SSSR count). The van der Waals surface area contributed by atoms with Crippen molar-refractivity contribution in [3.63, 3.8) is 0 Å². The highest BCUT2D eigenvalue weighted by Crippen LogP contribution is 2.44. The van der Waals surface area contributed by atoms with Gasteiger partial charge in [0.2, 0.25) is 0 Å². The van der Waals surface area contributed by atoms with Gasteiger partial charge in [0, 0.05) is 28.9 Å². The Morgan fingerprint density at radius 1 is 1.09 bits per heavy atom. The number of aromatic amines is 1. The third kappa shape index (κ3) is 5.03. The monoisotopic (exact) mass is 487 g/mol. The van der Waals surface area contributed by atoms with E-state index in [1.54, 1.807) is 24.3 Å². The fourth-order valence-corrected chi connectivity index (χ4v) is 4.28. The minimum Gasteiger partial charge on any atom is -0.423 e. The van der Waals surface area contributed by atoms with Crippen LogP contribution in [0, 0.1) is 0 Å². The molecule has 2 aliphatic heterocycles. The molecule has 172 valence electrons. The van der Waals surface area contributed by atoms with E-state index in [1.807, 2.05) is 24.3 Å². The van der Waals surface area contributed by atoms with Gasteiger partial charge in [-0.15, -0.1) is 0 Å². The Morgan fingerprint density at radius 3 is 2.58 bits per heavy atom. The molecule has 2 aliphatic rings. The lowest BCUT2D eigenvalue weighted by Gasteiger charge is -2.30. The maximum Gasteiger partial charge on any atom is 0.419 e. The molecule has 1 fully saturated rings. The molecule has 0 aliphatic carbocycles. The predicted octanol–water partition coefficient (Wildman–Crippen LogP) is 4.70. The number of benzene rings is 2. The summed E-state index contributed by atoms with van der Waals surface area (Å²) in [5.74, 6) is 1.11. The number of hydrogen-bond acceptors (Lipinski definition) is 6. The first-order chi connectivity index (χ1) is 15.8. The zero-order valence-corrected chi connectivity index (χ0v) is 19.4. The molecule has 2 aromatic carbocycles. The molecule has 1 amide bonds. The van der Waals surface area contributed by atoms with E-state index < -0.39 is 4.71 Å². The van der Waals surface area contributed by atoms with Crippen molar-refractivity contribution in [3.05, 3.63) is 54.1 Å². The van der Waals surface area contributed by atoms with Crippen LogP contribution in [0.15, 0.2) is 48.5 Å². The lowest BCUT2D eigenvalue weighted by molar-refractivity contribution is 0.0849. The molecule has 3 aromatic rings. The van der Waals surface area contributed by atoms with Crippen LogP contribution >= 0.6 is 23.2 Å². The number of alkyl halides is 2. The summed E-state index contributed by atoms with van der Waals surface area (Å²) < 4.78 is 8.87. The number of H-pyrrole nitrogens is 1. The summed E-state index contributed by atoms with van der Waals surface area (Å²) in [6.45, 7) is 2.19. The summed E-state index contributed by atoms with van der Waals surface area (Å²) in [4.78, 5) is 15.0. The van der Waals surface area contributed by atoms with Crippen molar-refractivity contribution >= 4 is 40.6 Å². The average Bonchev–Trinajstić information content (AvgIpc) is 3.37. The summed E-state index contributed by atoms with van der Waals surface area (Å²) in [7, 11) is 2.15. The van der Waals surface area contributed by atoms with Gasteiger partial charge in [0.1, 0.15) is 5.82 Å². The highest BCUT2D eigenvalue weighted by atomic mass is 35.5. The lowest BCUT2D eigenvalue weighted by atomic mass is 10.0. The quantitative estimate of drug-likeness (QED) is 0.452. The van der Waals surface area contributed by atoms with Gasteiger partial charge in [0.25, 0.3) is 5.91 Å². The van der Waals surface area contributed by atoms with Crippen molar-refractivity contribution < 1.29 is 14.3 Å². The third-order valence-corrected chi connectivity index (χ3v) is 6.07. The molecule has 0 unspecified atom stereocenters. The Hall–Kier alpha value is -2.94. The molecule has 33 heavy (non-hydrogen) atoms. The number of nitrogens with one attached hydrogen (secondary N) is 3. The van der Waals surface area contributed by atoms with Crippen LogP contribution in [0.3, 0.4) is 0 Å². The lowest BCUT2D eigenvalue weighted by Crippen LogP contribution is -2.36. The van der Waals surface area contributed by atoms with Crippen molar-refractivity contribution in [2.75, 3.05) is 30.8 Å². The fraction of sp³-hybridized carbons (Fsp3) is 0.304. The Kier molecular flexibility index (Phi) is 5.82. The Labute approximate surface area is 201 Å². The van der Waals surface area contributed by atoms with Gasteiger partial charge in [-0.05, 0) is 98.6 Å². The number of amides is 1. The van der Waals surface area contributed by atoms with Crippen LogP contribution in [0.5, 0.6) is 11.5 Å². The molecule has 3 N–H and O–H groups in total. The highest BCUT2D eigenvalue weighted by Gasteiger charge is 2.37. The maximum atomic E-state index is 12.7. The van der Waals surface area contributed by atoms with Gasteiger partial charge in [0.15, 0.2) is 11.5 Å². The van der Waals surface area contributed by atoms with Gasteiger partial charge >= 0.3 is 4.71 Å². The van der Waals surface area contributed by atoms with Crippen LogP contribution in [0.4, 0.5) is 11.5 Å². The number of anilines is 2. The third-order valence-electron chi connectivity index (χ3n) is 5.76. The predicted molar refractivity (Wildman–Crippen MR) is 128 cm³/mol. The van der Waals surface area contributed by atoms with Crippen molar-refractivity contribution in [2.45, 2.75) is 23.6 Å². The van der Waals surface area contributed by atoms with Crippen LogP contribution in [0.25, 0.3) is 11.3 Å². The summed E-state index contributed by atoms with van der Waals surface area (Å²) in [5, 5.41) is 13.5. The Morgan fingerprint density at radius 2 is 1.82 bits per heavy atom. The number of halogens is 2. The second-order valence-corrected chi connectivity index (χ2v) is 9.44. The van der Waals surface area contributed by atoms with E-state index >= 15 is 0 Å². The SMILES string of the molecule is CN1CCC(Nc2ccc(C(=O)Nc3cc(-c4ccc5c(c4)OC(Cl)(Cl)O5)n[nH]3)cc2)CC1. The maximum absolute atomic E-state index is 12.7. The van der Waals surface area contributed by atoms with Gasteiger partial charge < -0.3 is 25.0 Å². The van der Waals surface area contributed by atoms with Gasteiger partial charge in [-0.1, -0.05) is 0 Å². The minimum absolute atomic E-state index is 0.226. The average molecular weight is 488 g/mol. The smallest absolute Gasteiger partial charge is 0.419 e. The second-order valence-electron chi connectivity index (χ2n) is 8.25. The van der Waals surface area contributed by atoms with Crippen LogP contribution in [0.2, 0.25) is 0 Å². The van der Waals surface area contributed by atoms with Gasteiger partial charge in [-0.25, -0.2) is 0 Å². The standard InChI is InChI=1S/C23H23Cl2N5O3/c1-30-10-8-17(9-11-30)26-16-5-2-14(3-6-16)22(31)27-21-13-18(28-29-21)15-4-7-19-20(12-15)33-23(24,25)32-19/h2-7,12-13,17,26H,8-11H2,1H3,(H2,27,28,29,31). The van der Waals surface area contributed by atoms with E-state index in [0.29, 0.717) is 34.6 Å². The number of carbonyl (C=O) groups excluding carboxylic acids is 1. The van der Waals surface area contributed by atoms with E-state index in [9.17, 15) is 4.79 Å². The molecule has 1 saturated heterocycles. The largest absolute Gasteiger partial charge is 0.423 e. The van der Waals surface area contributed by atoms with E-state index in [4.69, 9.17) is 32.7 Å². The number of fused-ring (bicyclic) bond motifs is 1. The zero-order valence-electron chi connectivity index (χ0n) is 17.9. The molecule has 10 heteroatoms. The first-order valence-electron chi connectivity index (χ1n) is 10.7. The summed E-state index contributed by atoms with van der Waals surface area (Å²) in [6, 6.07) is 14.9. The second kappa shape index (κ2) is 8.78. The molecule has 0 bridgehead atoms. The van der Waals surface area contributed by atoms with Crippen LogP contribution in [-0.4, -0.2) is 51.9 Å². The number of nitrogens with zero attached hydrogens (tertiary/aromatic N) is 2. The van der Waals surface area contributed by atoms with Crippen molar-refractivity contribution in [1.82, 2.24) is 15.1 Å². The first-order valence-corrected chi connectivity index (χ1v) is 11.4. The number of ether oxygens (including phenoxy) is 2. The summed E-state index contributed by atoms with van der Waals surface area (Å²) >= 11 is 11.7. The zero-order chi connectivity index (χ0) is 23.0.